The lowest BCUT2D eigenvalue weighted by atomic mass is 10.0. The van der Waals surface area contributed by atoms with Crippen molar-refractivity contribution >= 4 is 33.4 Å². The van der Waals surface area contributed by atoms with Crippen molar-refractivity contribution < 1.29 is 14.3 Å². The Morgan fingerprint density at radius 2 is 2.04 bits per heavy atom. The van der Waals surface area contributed by atoms with Crippen LogP contribution in [0.15, 0.2) is 29.3 Å². The Morgan fingerprint density at radius 3 is 2.72 bits per heavy atom. The number of para-hydroxylation sites is 1. The highest BCUT2D eigenvalue weighted by molar-refractivity contribution is 7.16. The first-order valence-electron chi connectivity index (χ1n) is 8.89. The fraction of sp³-hybridized carbons (Fsp3) is 0.526. The number of aromatic nitrogens is 1. The van der Waals surface area contributed by atoms with Crippen molar-refractivity contribution in [2.24, 2.45) is 10.9 Å². The zero-order chi connectivity index (χ0) is 17.8. The van der Waals surface area contributed by atoms with Crippen LogP contribution in [0.5, 0.6) is 0 Å². The molecular formula is C19H24N2O3S. The molecule has 1 unspecified atom stereocenters. The molecule has 0 spiro atoms. The minimum Gasteiger partial charge on any atom is -0.467 e. The minimum atomic E-state index is -0.473. The molecule has 1 atom stereocenters. The summed E-state index contributed by atoms with van der Waals surface area (Å²) >= 11 is 1.45. The van der Waals surface area contributed by atoms with E-state index in [2.05, 4.69) is 4.99 Å². The number of hydrogen-bond donors (Lipinski definition) is 0. The molecule has 1 saturated carbocycles. The molecule has 0 bridgehead atoms. The highest BCUT2D eigenvalue weighted by Gasteiger charge is 2.24. The number of thiazole rings is 1. The fourth-order valence-electron chi connectivity index (χ4n) is 3.58. The Kier molecular flexibility index (Phi) is 5.68. The summed E-state index contributed by atoms with van der Waals surface area (Å²) in [4.78, 5) is 29.7. The molecule has 3 rings (SSSR count). The summed E-state index contributed by atoms with van der Waals surface area (Å²) in [6, 6.07) is 7.35. The van der Waals surface area contributed by atoms with Crippen LogP contribution in [0.3, 0.4) is 0 Å². The van der Waals surface area contributed by atoms with E-state index in [-0.39, 0.29) is 11.9 Å². The van der Waals surface area contributed by atoms with Gasteiger partial charge in [0.15, 0.2) is 4.80 Å². The molecular weight excluding hydrogens is 336 g/mol. The van der Waals surface area contributed by atoms with Crippen LogP contribution >= 0.6 is 11.3 Å². The summed E-state index contributed by atoms with van der Waals surface area (Å²) < 4.78 is 7.83. The fourth-order valence-corrected chi connectivity index (χ4v) is 4.66. The molecule has 1 heterocycles. The van der Waals surface area contributed by atoms with Gasteiger partial charge in [0, 0.05) is 6.42 Å². The maximum Gasteiger partial charge on any atom is 0.328 e. The summed E-state index contributed by atoms with van der Waals surface area (Å²) in [6.45, 7) is 1.94. The number of esters is 1. The van der Waals surface area contributed by atoms with E-state index < -0.39 is 6.04 Å². The number of carbonyl (C=O) groups is 2. The lowest BCUT2D eigenvalue weighted by Gasteiger charge is -2.15. The van der Waals surface area contributed by atoms with Crippen LogP contribution < -0.4 is 4.80 Å². The van der Waals surface area contributed by atoms with E-state index in [9.17, 15) is 9.59 Å². The van der Waals surface area contributed by atoms with E-state index in [0.29, 0.717) is 23.6 Å². The van der Waals surface area contributed by atoms with Gasteiger partial charge in [-0.2, -0.15) is 4.99 Å². The SMILES string of the molecule is CCC(C(=O)OC)n1/c(=N\C(=O)CC2CCCC2)sc2ccccc21. The Hall–Kier alpha value is -1.95. The van der Waals surface area contributed by atoms with E-state index in [4.69, 9.17) is 4.74 Å². The van der Waals surface area contributed by atoms with Gasteiger partial charge < -0.3 is 9.30 Å². The van der Waals surface area contributed by atoms with Crippen LogP contribution in [0.2, 0.25) is 0 Å². The van der Waals surface area contributed by atoms with Gasteiger partial charge in [-0.15, -0.1) is 0 Å². The molecule has 0 saturated heterocycles. The predicted octanol–water partition coefficient (Wildman–Crippen LogP) is 3.83. The highest BCUT2D eigenvalue weighted by atomic mass is 32.1. The van der Waals surface area contributed by atoms with Crippen molar-refractivity contribution in [1.29, 1.82) is 0 Å². The van der Waals surface area contributed by atoms with Crippen LogP contribution in [-0.4, -0.2) is 23.6 Å². The number of benzene rings is 1. The molecule has 134 valence electrons. The first-order valence-corrected chi connectivity index (χ1v) is 9.71. The first kappa shape index (κ1) is 17.9. The molecule has 5 nitrogen and oxygen atoms in total. The van der Waals surface area contributed by atoms with E-state index in [0.717, 1.165) is 23.1 Å². The van der Waals surface area contributed by atoms with Gasteiger partial charge in [0.05, 0.1) is 17.3 Å². The smallest absolute Gasteiger partial charge is 0.328 e. The lowest BCUT2D eigenvalue weighted by Crippen LogP contribution is -2.28. The largest absolute Gasteiger partial charge is 0.467 e. The van der Waals surface area contributed by atoms with E-state index in [1.54, 1.807) is 0 Å². The van der Waals surface area contributed by atoms with Gasteiger partial charge in [-0.1, -0.05) is 43.2 Å². The zero-order valence-electron chi connectivity index (χ0n) is 14.7. The van der Waals surface area contributed by atoms with Crippen molar-refractivity contribution in [3.05, 3.63) is 29.1 Å². The molecule has 1 amide bonds. The summed E-state index contributed by atoms with van der Waals surface area (Å²) in [5.74, 6) is 0.0596. The average Bonchev–Trinajstić information content (AvgIpc) is 3.23. The second-order valence-electron chi connectivity index (χ2n) is 6.53. The molecule has 0 aliphatic heterocycles. The number of rotatable bonds is 5. The first-order chi connectivity index (χ1) is 12.1. The van der Waals surface area contributed by atoms with Gasteiger partial charge in [0.25, 0.3) is 0 Å². The van der Waals surface area contributed by atoms with Crippen LogP contribution in [-0.2, 0) is 14.3 Å². The molecule has 1 aromatic carbocycles. The maximum atomic E-state index is 12.5. The third-order valence-corrected chi connectivity index (χ3v) is 5.90. The maximum absolute atomic E-state index is 12.5. The summed E-state index contributed by atoms with van der Waals surface area (Å²) in [6.07, 6.45) is 5.74. The van der Waals surface area contributed by atoms with Crippen molar-refractivity contribution in [2.45, 2.75) is 51.5 Å². The predicted molar refractivity (Wildman–Crippen MR) is 98.3 cm³/mol. The second-order valence-corrected chi connectivity index (χ2v) is 7.54. The Morgan fingerprint density at radius 1 is 1.32 bits per heavy atom. The monoisotopic (exact) mass is 360 g/mol. The zero-order valence-corrected chi connectivity index (χ0v) is 15.6. The normalized spacial score (nSPS) is 17.1. The number of amides is 1. The quantitative estimate of drug-likeness (QED) is 0.761. The van der Waals surface area contributed by atoms with Gasteiger partial charge in [0.2, 0.25) is 5.91 Å². The molecule has 1 aromatic heterocycles. The Labute approximate surface area is 151 Å². The topological polar surface area (TPSA) is 60.7 Å². The summed E-state index contributed by atoms with van der Waals surface area (Å²) in [5, 5.41) is 0. The van der Waals surface area contributed by atoms with Crippen molar-refractivity contribution in [2.75, 3.05) is 7.11 Å². The van der Waals surface area contributed by atoms with Crippen LogP contribution in [0.25, 0.3) is 10.2 Å². The number of fused-ring (bicyclic) bond motifs is 1. The number of methoxy groups -OCH3 is 1. The molecule has 2 aromatic rings. The Balaban J connectivity index is 2.04. The molecule has 1 fully saturated rings. The molecule has 0 N–H and O–H groups in total. The highest BCUT2D eigenvalue weighted by Crippen LogP contribution is 2.28. The second kappa shape index (κ2) is 7.95. The average molecular weight is 360 g/mol. The molecule has 6 heteroatoms. The number of carbonyl (C=O) groups excluding carboxylic acids is 2. The van der Waals surface area contributed by atoms with Crippen molar-refractivity contribution in [3.63, 3.8) is 0 Å². The third kappa shape index (κ3) is 3.84. The van der Waals surface area contributed by atoms with E-state index in [1.165, 1.54) is 31.3 Å². The van der Waals surface area contributed by atoms with Crippen LogP contribution in [0.1, 0.15) is 51.5 Å². The summed E-state index contributed by atoms with van der Waals surface area (Å²) in [5.41, 5.74) is 0.914. The number of hydrogen-bond acceptors (Lipinski definition) is 4. The van der Waals surface area contributed by atoms with Gasteiger partial charge in [0.1, 0.15) is 6.04 Å². The lowest BCUT2D eigenvalue weighted by molar-refractivity contribution is -0.144. The van der Waals surface area contributed by atoms with Gasteiger partial charge >= 0.3 is 5.97 Å². The number of ether oxygens (including phenoxy) is 1. The van der Waals surface area contributed by atoms with Crippen molar-refractivity contribution in [1.82, 2.24) is 4.57 Å². The standard InChI is InChI=1S/C19H24N2O3S/c1-3-14(18(23)24-2)21-15-10-6-7-11-16(15)25-19(21)20-17(22)12-13-8-4-5-9-13/h6-7,10-11,13-14H,3-5,8-9,12H2,1-2H3/b20-19+. The summed E-state index contributed by atoms with van der Waals surface area (Å²) in [7, 11) is 1.39. The molecule has 1 aliphatic carbocycles. The minimum absolute atomic E-state index is 0.0908. The number of nitrogens with zero attached hydrogens (tertiary/aromatic N) is 2. The van der Waals surface area contributed by atoms with Crippen LogP contribution in [0.4, 0.5) is 0 Å². The van der Waals surface area contributed by atoms with Gasteiger partial charge in [-0.25, -0.2) is 4.79 Å². The third-order valence-electron chi connectivity index (χ3n) is 4.86. The molecule has 25 heavy (non-hydrogen) atoms. The molecule has 1 aliphatic rings. The molecule has 0 radical (unpaired) electrons. The Bertz CT molecular complexity index is 831. The van der Waals surface area contributed by atoms with Crippen molar-refractivity contribution in [3.8, 4) is 0 Å². The van der Waals surface area contributed by atoms with Crippen LogP contribution in [0, 0.1) is 5.92 Å². The van der Waals surface area contributed by atoms with Gasteiger partial charge in [-0.3, -0.25) is 4.79 Å². The van der Waals surface area contributed by atoms with E-state index in [1.807, 2.05) is 35.8 Å². The van der Waals surface area contributed by atoms with E-state index >= 15 is 0 Å². The van der Waals surface area contributed by atoms with Gasteiger partial charge in [-0.05, 0) is 37.3 Å².